The fourth-order valence-corrected chi connectivity index (χ4v) is 4.88. The van der Waals surface area contributed by atoms with Crippen LogP contribution in [0.2, 0.25) is 0 Å². The van der Waals surface area contributed by atoms with Crippen molar-refractivity contribution in [1.29, 1.82) is 0 Å². The molecule has 1 aliphatic rings. The number of nitro benzene ring substituents is 1. The van der Waals surface area contributed by atoms with Crippen molar-refractivity contribution >= 4 is 28.4 Å². The third-order valence-electron chi connectivity index (χ3n) is 6.73. The van der Waals surface area contributed by atoms with E-state index in [0.29, 0.717) is 31.1 Å². The fourth-order valence-electron chi connectivity index (χ4n) is 4.88. The monoisotopic (exact) mass is 513 g/mol. The number of anilines is 1. The smallest absolute Gasteiger partial charge is 0.269 e. The number of para-hydroxylation sites is 1. The molecule has 1 fully saturated rings. The van der Waals surface area contributed by atoms with Crippen LogP contribution in [0.5, 0.6) is 0 Å². The summed E-state index contributed by atoms with van der Waals surface area (Å²) in [6, 6.07) is 15.8. The van der Waals surface area contributed by atoms with Crippen molar-refractivity contribution in [3.8, 4) is 5.69 Å². The number of aryl methyl sites for hydroxylation is 1. The SMILES string of the molecule is Cc1nn(-c2ccccc2)c2nc(CC(C)C)nc(N3CCCN(C(=O)c4ccc([N+](=O)[O-])cc4)CC3)c12. The second kappa shape index (κ2) is 10.6. The predicted octanol–water partition coefficient (Wildman–Crippen LogP) is 4.58. The van der Waals surface area contributed by atoms with Gasteiger partial charge in [0.2, 0.25) is 0 Å². The number of nitrogens with zero attached hydrogens (tertiary/aromatic N) is 7. The summed E-state index contributed by atoms with van der Waals surface area (Å²) < 4.78 is 1.89. The highest BCUT2D eigenvalue weighted by Crippen LogP contribution is 2.30. The highest BCUT2D eigenvalue weighted by molar-refractivity contribution is 5.94. The summed E-state index contributed by atoms with van der Waals surface area (Å²) >= 11 is 0. The standard InChI is InChI=1S/C28H31N7O3/c1-19(2)18-24-29-26(25-20(3)31-34(27(25)30-24)22-8-5-4-6-9-22)32-14-7-15-33(17-16-32)28(36)21-10-12-23(13-11-21)35(37)38/h4-6,8-13,19H,7,14-18H2,1-3H3. The van der Waals surface area contributed by atoms with Gasteiger partial charge in [-0.3, -0.25) is 14.9 Å². The molecule has 4 aromatic rings. The van der Waals surface area contributed by atoms with Crippen molar-refractivity contribution in [2.45, 2.75) is 33.6 Å². The molecule has 0 unspecified atom stereocenters. The van der Waals surface area contributed by atoms with Crippen LogP contribution in [0.3, 0.4) is 0 Å². The third kappa shape index (κ3) is 5.06. The third-order valence-corrected chi connectivity index (χ3v) is 6.73. The first-order valence-electron chi connectivity index (χ1n) is 12.9. The van der Waals surface area contributed by atoms with E-state index in [0.717, 1.165) is 53.4 Å². The topological polar surface area (TPSA) is 110 Å². The lowest BCUT2D eigenvalue weighted by molar-refractivity contribution is -0.384. The number of non-ortho nitro benzene ring substituents is 1. The van der Waals surface area contributed by atoms with Crippen LogP contribution in [0.1, 0.15) is 42.1 Å². The van der Waals surface area contributed by atoms with Gasteiger partial charge in [-0.25, -0.2) is 14.6 Å². The number of aromatic nitrogens is 4. The van der Waals surface area contributed by atoms with E-state index >= 15 is 0 Å². The van der Waals surface area contributed by atoms with E-state index in [9.17, 15) is 14.9 Å². The maximum Gasteiger partial charge on any atom is 0.269 e. The van der Waals surface area contributed by atoms with Crippen molar-refractivity contribution in [1.82, 2.24) is 24.6 Å². The molecular formula is C28H31N7O3. The molecule has 0 atom stereocenters. The molecule has 2 aromatic carbocycles. The molecule has 3 heterocycles. The van der Waals surface area contributed by atoms with Crippen LogP contribution >= 0.6 is 0 Å². The molecule has 0 saturated carbocycles. The highest BCUT2D eigenvalue weighted by Gasteiger charge is 2.26. The first-order chi connectivity index (χ1) is 18.3. The number of amides is 1. The number of nitro groups is 1. The van der Waals surface area contributed by atoms with Gasteiger partial charge in [-0.2, -0.15) is 5.10 Å². The summed E-state index contributed by atoms with van der Waals surface area (Å²) in [4.78, 5) is 37.7. The number of hydrogen-bond acceptors (Lipinski definition) is 7. The van der Waals surface area contributed by atoms with Crippen LogP contribution in [0.15, 0.2) is 54.6 Å². The van der Waals surface area contributed by atoms with Gasteiger partial charge in [0.05, 0.1) is 21.7 Å². The average molecular weight is 514 g/mol. The lowest BCUT2D eigenvalue weighted by Crippen LogP contribution is -2.35. The summed E-state index contributed by atoms with van der Waals surface area (Å²) in [6.07, 6.45) is 1.52. The fraction of sp³-hybridized carbons (Fsp3) is 0.357. The Morgan fingerprint density at radius 1 is 1.00 bits per heavy atom. The molecule has 10 heteroatoms. The Morgan fingerprint density at radius 2 is 1.74 bits per heavy atom. The van der Waals surface area contributed by atoms with Crippen molar-refractivity contribution in [3.63, 3.8) is 0 Å². The molecule has 1 saturated heterocycles. The van der Waals surface area contributed by atoms with Crippen LogP contribution in [0, 0.1) is 23.0 Å². The van der Waals surface area contributed by atoms with E-state index in [-0.39, 0.29) is 11.6 Å². The number of carbonyl (C=O) groups excluding carboxylic acids is 1. The molecule has 10 nitrogen and oxygen atoms in total. The largest absolute Gasteiger partial charge is 0.354 e. The zero-order valence-corrected chi connectivity index (χ0v) is 21.9. The van der Waals surface area contributed by atoms with E-state index in [4.69, 9.17) is 15.1 Å². The molecule has 0 bridgehead atoms. The average Bonchev–Trinajstić information content (AvgIpc) is 3.08. The van der Waals surface area contributed by atoms with Crippen LogP contribution in [0.4, 0.5) is 11.5 Å². The predicted molar refractivity (Wildman–Crippen MR) is 146 cm³/mol. The van der Waals surface area contributed by atoms with Crippen molar-refractivity contribution in [2.24, 2.45) is 5.92 Å². The minimum absolute atomic E-state index is 0.0278. The van der Waals surface area contributed by atoms with Crippen LogP contribution in [0.25, 0.3) is 16.7 Å². The molecule has 5 rings (SSSR count). The number of hydrogen-bond donors (Lipinski definition) is 0. The van der Waals surface area contributed by atoms with Crippen LogP contribution in [-0.2, 0) is 6.42 Å². The molecule has 38 heavy (non-hydrogen) atoms. The van der Waals surface area contributed by atoms with Crippen LogP contribution in [-0.4, -0.2) is 61.7 Å². The van der Waals surface area contributed by atoms with Crippen molar-refractivity contribution in [2.75, 3.05) is 31.1 Å². The summed E-state index contributed by atoms with van der Waals surface area (Å²) in [7, 11) is 0. The minimum Gasteiger partial charge on any atom is -0.354 e. The van der Waals surface area contributed by atoms with E-state index in [2.05, 4.69) is 18.7 Å². The van der Waals surface area contributed by atoms with E-state index in [1.807, 2.05) is 46.8 Å². The molecule has 0 N–H and O–H groups in total. The molecule has 0 spiro atoms. The Morgan fingerprint density at radius 3 is 2.42 bits per heavy atom. The second-order valence-corrected chi connectivity index (χ2v) is 10.0. The molecule has 1 aliphatic heterocycles. The van der Waals surface area contributed by atoms with E-state index in [1.165, 1.54) is 24.3 Å². The lowest BCUT2D eigenvalue weighted by Gasteiger charge is -2.24. The maximum atomic E-state index is 13.2. The quantitative estimate of drug-likeness (QED) is 0.274. The van der Waals surface area contributed by atoms with Gasteiger partial charge in [0.1, 0.15) is 11.6 Å². The van der Waals surface area contributed by atoms with E-state index in [1.54, 1.807) is 0 Å². The van der Waals surface area contributed by atoms with Gasteiger partial charge in [0, 0.05) is 50.3 Å². The zero-order chi connectivity index (χ0) is 26.8. The Kier molecular flexibility index (Phi) is 7.04. The minimum atomic E-state index is -0.462. The van der Waals surface area contributed by atoms with Gasteiger partial charge in [-0.05, 0) is 43.5 Å². The Hall–Kier alpha value is -4.34. The molecular weight excluding hydrogens is 482 g/mol. The van der Waals surface area contributed by atoms with E-state index < -0.39 is 4.92 Å². The molecule has 196 valence electrons. The molecule has 0 radical (unpaired) electrons. The Bertz CT molecular complexity index is 1470. The summed E-state index contributed by atoms with van der Waals surface area (Å²) in [6.45, 7) is 8.77. The number of benzene rings is 2. The molecule has 0 aliphatic carbocycles. The highest BCUT2D eigenvalue weighted by atomic mass is 16.6. The number of fused-ring (bicyclic) bond motifs is 1. The Balaban J connectivity index is 1.46. The number of carbonyl (C=O) groups is 1. The van der Waals surface area contributed by atoms with Gasteiger partial charge in [-0.15, -0.1) is 0 Å². The lowest BCUT2D eigenvalue weighted by atomic mass is 10.1. The summed E-state index contributed by atoms with van der Waals surface area (Å²) in [5.74, 6) is 1.91. The molecule has 2 aromatic heterocycles. The first-order valence-corrected chi connectivity index (χ1v) is 12.9. The van der Waals surface area contributed by atoms with Crippen molar-refractivity contribution < 1.29 is 9.72 Å². The van der Waals surface area contributed by atoms with Gasteiger partial charge in [0.25, 0.3) is 11.6 Å². The maximum absolute atomic E-state index is 13.2. The van der Waals surface area contributed by atoms with Gasteiger partial charge in [0.15, 0.2) is 5.65 Å². The Labute approximate surface area is 221 Å². The molecule has 1 amide bonds. The van der Waals surface area contributed by atoms with Gasteiger partial charge in [-0.1, -0.05) is 32.0 Å². The summed E-state index contributed by atoms with van der Waals surface area (Å²) in [5, 5.41) is 16.7. The van der Waals surface area contributed by atoms with Crippen molar-refractivity contribution in [3.05, 3.63) is 81.8 Å². The van der Waals surface area contributed by atoms with Gasteiger partial charge >= 0.3 is 0 Å². The zero-order valence-electron chi connectivity index (χ0n) is 21.9. The summed E-state index contributed by atoms with van der Waals surface area (Å²) in [5.41, 5.74) is 3.02. The normalized spacial score (nSPS) is 14.2. The van der Waals surface area contributed by atoms with Gasteiger partial charge < -0.3 is 9.80 Å². The first kappa shape index (κ1) is 25.3. The number of rotatable bonds is 6. The second-order valence-electron chi connectivity index (χ2n) is 10.0. The van der Waals surface area contributed by atoms with Crippen LogP contribution < -0.4 is 4.90 Å².